The van der Waals surface area contributed by atoms with Crippen LogP contribution in [0.1, 0.15) is 25.3 Å². The Hall–Kier alpha value is -2.42. The molecule has 1 aliphatic heterocycles. The number of carbonyl (C=O) groups excluding carboxylic acids is 1. The summed E-state index contributed by atoms with van der Waals surface area (Å²) in [5, 5.41) is 11.5. The number of sulfonamides is 1. The molecule has 0 fully saturated rings. The average molecular weight is 353 g/mol. The highest BCUT2D eigenvalue weighted by atomic mass is 32.2. The summed E-state index contributed by atoms with van der Waals surface area (Å²) in [5.41, 5.74) is 0.427. The minimum atomic E-state index is -3.76. The van der Waals surface area contributed by atoms with Crippen molar-refractivity contribution < 1.29 is 23.1 Å². The van der Waals surface area contributed by atoms with Crippen molar-refractivity contribution in [3.05, 3.63) is 29.8 Å². The highest BCUT2D eigenvalue weighted by molar-refractivity contribution is 7.90. The zero-order valence-corrected chi connectivity index (χ0v) is 14.2. The number of nitrogens with one attached hydrogen (secondary N) is 1. The fourth-order valence-corrected chi connectivity index (χ4v) is 3.69. The molecule has 24 heavy (non-hydrogen) atoms. The Morgan fingerprint density at radius 1 is 1.33 bits per heavy atom. The van der Waals surface area contributed by atoms with Crippen LogP contribution in [0.3, 0.4) is 0 Å². The van der Waals surface area contributed by atoms with Gasteiger partial charge in [-0.05, 0) is 18.6 Å². The van der Waals surface area contributed by atoms with Gasteiger partial charge in [-0.25, -0.2) is 4.79 Å². The monoisotopic (exact) mass is 353 g/mol. The number of amides is 1. The first-order valence-corrected chi connectivity index (χ1v) is 8.88. The van der Waals surface area contributed by atoms with E-state index >= 15 is 0 Å². The van der Waals surface area contributed by atoms with Gasteiger partial charge in [-0.2, -0.15) is 8.42 Å². The quantitative estimate of drug-likeness (QED) is 0.766. The van der Waals surface area contributed by atoms with E-state index in [4.69, 9.17) is 5.11 Å². The first-order chi connectivity index (χ1) is 11.3. The lowest BCUT2D eigenvalue weighted by Gasteiger charge is -2.20. The smallest absolute Gasteiger partial charge is 0.326 e. The molecule has 1 atom stereocenters. The first kappa shape index (κ1) is 17.9. The molecule has 0 spiro atoms. The lowest BCUT2D eigenvalue weighted by molar-refractivity contribution is -0.142. The fourth-order valence-electron chi connectivity index (χ4n) is 2.44. The zero-order valence-electron chi connectivity index (χ0n) is 13.4. The number of hydrogen-bond acceptors (Lipinski definition) is 5. The molecule has 0 radical (unpaired) electrons. The lowest BCUT2D eigenvalue weighted by Crippen LogP contribution is -2.45. The summed E-state index contributed by atoms with van der Waals surface area (Å²) in [5.74, 6) is -1.44. The Morgan fingerprint density at radius 2 is 2.00 bits per heavy atom. The normalized spacial score (nSPS) is 16.0. The molecular weight excluding hydrogens is 334 g/mol. The second kappa shape index (κ2) is 7.00. The number of rotatable bonds is 6. The van der Waals surface area contributed by atoms with Crippen molar-refractivity contribution in [2.45, 2.75) is 30.7 Å². The van der Waals surface area contributed by atoms with Gasteiger partial charge in [0.05, 0.1) is 6.54 Å². The maximum absolute atomic E-state index is 12.1. The van der Waals surface area contributed by atoms with Gasteiger partial charge in [0.15, 0.2) is 5.84 Å². The third-order valence-electron chi connectivity index (χ3n) is 3.57. The molecule has 2 N–H and O–H groups in total. The summed E-state index contributed by atoms with van der Waals surface area (Å²) < 4.78 is 27.7. The number of carbonyl (C=O) groups is 2. The predicted octanol–water partition coefficient (Wildman–Crippen LogP) is 0.437. The number of nitrogens with zero attached hydrogens (tertiary/aromatic N) is 2. The van der Waals surface area contributed by atoms with E-state index in [1.165, 1.54) is 18.0 Å². The third-order valence-corrected chi connectivity index (χ3v) is 4.89. The number of carboxylic acid groups (broad SMARTS) is 1. The fraction of sp³-hybridized carbons (Fsp3) is 0.400. The number of benzene rings is 1. The molecule has 0 saturated carbocycles. The summed E-state index contributed by atoms with van der Waals surface area (Å²) in [6, 6.07) is 5.40. The van der Waals surface area contributed by atoms with Gasteiger partial charge in [0.1, 0.15) is 10.9 Å². The van der Waals surface area contributed by atoms with Crippen LogP contribution in [0.5, 0.6) is 0 Å². The van der Waals surface area contributed by atoms with Crippen LogP contribution >= 0.6 is 0 Å². The van der Waals surface area contributed by atoms with Gasteiger partial charge in [-0.15, -0.1) is 4.40 Å². The van der Waals surface area contributed by atoms with E-state index in [9.17, 15) is 18.0 Å². The van der Waals surface area contributed by atoms with E-state index in [2.05, 4.69) is 9.71 Å². The van der Waals surface area contributed by atoms with Crippen LogP contribution in [-0.4, -0.2) is 55.8 Å². The molecule has 0 aromatic heterocycles. The van der Waals surface area contributed by atoms with Gasteiger partial charge in [0.25, 0.3) is 10.0 Å². The SMILES string of the molecule is CCCC(NC(=O)CN(C)C1=NS(=O)(=O)c2ccccc21)C(=O)O. The molecule has 8 nitrogen and oxygen atoms in total. The standard InChI is InChI=1S/C15H19N3O5S/c1-3-6-11(15(20)21)16-13(19)9-18(2)14-10-7-4-5-8-12(10)24(22,23)17-14/h4-5,7-8,11H,3,6,9H2,1-2H3,(H,16,19)(H,20,21). The van der Waals surface area contributed by atoms with Gasteiger partial charge in [-0.3, -0.25) is 4.79 Å². The van der Waals surface area contributed by atoms with Crippen molar-refractivity contribution in [3.63, 3.8) is 0 Å². The minimum Gasteiger partial charge on any atom is -0.480 e. The maximum atomic E-state index is 12.1. The van der Waals surface area contributed by atoms with E-state index in [0.717, 1.165) is 0 Å². The van der Waals surface area contributed by atoms with E-state index in [1.54, 1.807) is 18.2 Å². The highest BCUT2D eigenvalue weighted by Crippen LogP contribution is 2.26. The molecule has 1 aromatic carbocycles. The first-order valence-electron chi connectivity index (χ1n) is 7.44. The minimum absolute atomic E-state index is 0.0988. The number of likely N-dealkylation sites (N-methyl/N-ethyl adjacent to an activating group) is 1. The summed E-state index contributed by atoms with van der Waals surface area (Å²) in [6.45, 7) is 1.62. The molecule has 0 aliphatic carbocycles. The van der Waals surface area contributed by atoms with Crippen LogP contribution < -0.4 is 5.32 Å². The molecule has 1 aromatic rings. The highest BCUT2D eigenvalue weighted by Gasteiger charge is 2.31. The summed E-state index contributed by atoms with van der Waals surface area (Å²) in [4.78, 5) is 24.6. The summed E-state index contributed by atoms with van der Waals surface area (Å²) in [7, 11) is -2.23. The number of amidine groups is 1. The summed E-state index contributed by atoms with van der Waals surface area (Å²) >= 11 is 0. The van der Waals surface area contributed by atoms with Crippen LogP contribution in [0.2, 0.25) is 0 Å². The Morgan fingerprint density at radius 3 is 2.62 bits per heavy atom. The molecule has 1 aliphatic rings. The van der Waals surface area contributed by atoms with Crippen LogP contribution in [-0.2, 0) is 19.6 Å². The number of carboxylic acids is 1. The molecule has 2 rings (SSSR count). The van der Waals surface area contributed by atoms with Crippen LogP contribution in [0.25, 0.3) is 0 Å². The second-order valence-corrected chi connectivity index (χ2v) is 7.06. The lowest BCUT2D eigenvalue weighted by atomic mass is 10.1. The maximum Gasteiger partial charge on any atom is 0.326 e. The largest absolute Gasteiger partial charge is 0.480 e. The van der Waals surface area contributed by atoms with Gasteiger partial charge < -0.3 is 15.3 Å². The number of fused-ring (bicyclic) bond motifs is 1. The van der Waals surface area contributed by atoms with E-state index in [1.807, 2.05) is 6.92 Å². The molecule has 1 heterocycles. The Bertz CT molecular complexity index is 788. The van der Waals surface area contributed by atoms with Crippen molar-refractivity contribution in [3.8, 4) is 0 Å². The third kappa shape index (κ3) is 3.73. The molecular formula is C15H19N3O5S. The molecule has 130 valence electrons. The van der Waals surface area contributed by atoms with Crippen molar-refractivity contribution in [1.29, 1.82) is 0 Å². The van der Waals surface area contributed by atoms with Gasteiger partial charge >= 0.3 is 5.97 Å². The van der Waals surface area contributed by atoms with E-state index < -0.39 is 27.9 Å². The predicted molar refractivity (Wildman–Crippen MR) is 87.3 cm³/mol. The number of aliphatic carboxylic acids is 1. The topological polar surface area (TPSA) is 116 Å². The van der Waals surface area contributed by atoms with Crippen LogP contribution in [0.4, 0.5) is 0 Å². The van der Waals surface area contributed by atoms with Crippen molar-refractivity contribution >= 4 is 27.7 Å². The van der Waals surface area contributed by atoms with E-state index in [-0.39, 0.29) is 17.3 Å². The molecule has 0 saturated heterocycles. The van der Waals surface area contributed by atoms with Crippen LogP contribution in [0.15, 0.2) is 33.6 Å². The molecule has 1 amide bonds. The van der Waals surface area contributed by atoms with Gasteiger partial charge in [-0.1, -0.05) is 25.5 Å². The van der Waals surface area contributed by atoms with Crippen molar-refractivity contribution in [2.24, 2.45) is 4.40 Å². The second-order valence-electron chi connectivity index (χ2n) is 5.49. The molecule has 0 bridgehead atoms. The Labute approximate surface area is 140 Å². The Balaban J connectivity index is 2.12. The Kier molecular flexibility index (Phi) is 5.23. The summed E-state index contributed by atoms with van der Waals surface area (Å²) in [6.07, 6.45) is 0.939. The average Bonchev–Trinajstić information content (AvgIpc) is 2.79. The van der Waals surface area contributed by atoms with Crippen molar-refractivity contribution in [2.75, 3.05) is 13.6 Å². The van der Waals surface area contributed by atoms with Gasteiger partial charge in [0.2, 0.25) is 5.91 Å². The molecule has 9 heteroatoms. The van der Waals surface area contributed by atoms with E-state index in [0.29, 0.717) is 18.4 Å². The van der Waals surface area contributed by atoms with Crippen LogP contribution in [0, 0.1) is 0 Å². The number of hydrogen-bond donors (Lipinski definition) is 2. The van der Waals surface area contributed by atoms with Crippen molar-refractivity contribution in [1.82, 2.24) is 10.2 Å². The molecule has 1 unspecified atom stereocenters. The van der Waals surface area contributed by atoms with Gasteiger partial charge in [0, 0.05) is 12.6 Å². The zero-order chi connectivity index (χ0) is 17.9.